The number of hydrogen-bond acceptors (Lipinski definition) is 2. The summed E-state index contributed by atoms with van der Waals surface area (Å²) in [5, 5.41) is 11.2. The molecule has 1 saturated heterocycles. The maximum atomic E-state index is 10.1. The van der Waals surface area contributed by atoms with Crippen molar-refractivity contribution in [3.63, 3.8) is 0 Å². The van der Waals surface area contributed by atoms with Crippen molar-refractivity contribution >= 4 is 5.97 Å². The third kappa shape index (κ3) is 2.77. The molecule has 5 nitrogen and oxygen atoms in total. The van der Waals surface area contributed by atoms with E-state index in [2.05, 4.69) is 5.32 Å². The van der Waals surface area contributed by atoms with Crippen molar-refractivity contribution in [2.75, 3.05) is 6.54 Å². The van der Waals surface area contributed by atoms with Crippen LogP contribution in [0.4, 0.5) is 0 Å². The van der Waals surface area contributed by atoms with Crippen molar-refractivity contribution in [2.24, 2.45) is 0 Å². The molecule has 62 valence electrons. The molecule has 0 bridgehead atoms. The van der Waals surface area contributed by atoms with Crippen LogP contribution in [0.1, 0.15) is 12.8 Å². The molecular formula is C5H13NO4. The molecule has 0 saturated carbocycles. The van der Waals surface area contributed by atoms with Gasteiger partial charge in [0.15, 0.2) is 0 Å². The minimum absolute atomic E-state index is 0. The number of carbonyl (C=O) groups is 1. The topological polar surface area (TPSA) is 112 Å². The molecule has 10 heavy (non-hydrogen) atoms. The molecule has 6 N–H and O–H groups in total. The monoisotopic (exact) mass is 151 g/mol. The fraction of sp³-hybridized carbons (Fsp3) is 0.800. The molecule has 0 aromatic rings. The van der Waals surface area contributed by atoms with Crippen LogP contribution < -0.4 is 5.32 Å². The van der Waals surface area contributed by atoms with E-state index in [9.17, 15) is 4.79 Å². The van der Waals surface area contributed by atoms with Crippen molar-refractivity contribution in [2.45, 2.75) is 18.9 Å². The molecule has 1 heterocycles. The summed E-state index contributed by atoms with van der Waals surface area (Å²) < 4.78 is 0. The Morgan fingerprint density at radius 3 is 2.30 bits per heavy atom. The number of hydrogen-bond donors (Lipinski definition) is 2. The fourth-order valence-electron chi connectivity index (χ4n) is 0.895. The van der Waals surface area contributed by atoms with Crippen molar-refractivity contribution in [3.05, 3.63) is 0 Å². The summed E-state index contributed by atoms with van der Waals surface area (Å²) in [6.07, 6.45) is 1.78. The Morgan fingerprint density at radius 1 is 1.50 bits per heavy atom. The van der Waals surface area contributed by atoms with Gasteiger partial charge in [0.1, 0.15) is 6.04 Å². The molecule has 1 aliphatic heterocycles. The Bertz CT molecular complexity index is 99.8. The first-order valence-electron chi connectivity index (χ1n) is 2.77. The van der Waals surface area contributed by atoms with Crippen LogP contribution in [0.15, 0.2) is 0 Å². The van der Waals surface area contributed by atoms with E-state index in [-0.39, 0.29) is 17.0 Å². The second-order valence-corrected chi connectivity index (χ2v) is 1.99. The third-order valence-electron chi connectivity index (χ3n) is 1.36. The van der Waals surface area contributed by atoms with E-state index in [1.54, 1.807) is 0 Å². The first-order chi connectivity index (χ1) is 3.80. The zero-order chi connectivity index (χ0) is 5.98. The molecule has 1 atom stereocenters. The lowest BCUT2D eigenvalue weighted by molar-refractivity contribution is -0.139. The molecule has 1 rings (SSSR count). The van der Waals surface area contributed by atoms with Crippen LogP contribution in [0.25, 0.3) is 0 Å². The van der Waals surface area contributed by atoms with E-state index in [0.29, 0.717) is 0 Å². The van der Waals surface area contributed by atoms with E-state index in [1.807, 2.05) is 0 Å². The molecule has 1 fully saturated rings. The zero-order valence-corrected chi connectivity index (χ0v) is 5.55. The second-order valence-electron chi connectivity index (χ2n) is 1.99. The van der Waals surface area contributed by atoms with Crippen LogP contribution in [0.2, 0.25) is 0 Å². The summed E-state index contributed by atoms with van der Waals surface area (Å²) in [7, 11) is 0. The highest BCUT2D eigenvalue weighted by Crippen LogP contribution is 2.03. The standard InChI is InChI=1S/C5H9NO2.2H2O/c7-5(8)4-2-1-3-6-4;;/h4,6H,1-3H2,(H,7,8);2*1H2. The lowest BCUT2D eigenvalue weighted by atomic mass is 10.2. The Balaban J connectivity index is 0. The first kappa shape index (κ1) is 12.1. The summed E-state index contributed by atoms with van der Waals surface area (Å²) in [5.74, 6) is -0.720. The summed E-state index contributed by atoms with van der Waals surface area (Å²) >= 11 is 0. The Hall–Kier alpha value is -0.650. The molecule has 5 heteroatoms. The maximum absolute atomic E-state index is 10.1. The lowest BCUT2D eigenvalue weighted by Gasteiger charge is -1.99. The third-order valence-corrected chi connectivity index (χ3v) is 1.36. The van der Waals surface area contributed by atoms with E-state index < -0.39 is 5.97 Å². The predicted molar refractivity (Wildman–Crippen MR) is 35.9 cm³/mol. The molecule has 1 unspecified atom stereocenters. The Labute approximate surface area is 58.7 Å². The highest BCUT2D eigenvalue weighted by molar-refractivity contribution is 5.73. The lowest BCUT2D eigenvalue weighted by Crippen LogP contribution is -2.29. The smallest absolute Gasteiger partial charge is 0.320 e. The van der Waals surface area contributed by atoms with Crippen molar-refractivity contribution < 1.29 is 20.9 Å². The van der Waals surface area contributed by atoms with E-state index >= 15 is 0 Å². The van der Waals surface area contributed by atoms with Crippen LogP contribution in [0.3, 0.4) is 0 Å². The average molecular weight is 151 g/mol. The quantitative estimate of drug-likeness (QED) is 0.459. The van der Waals surface area contributed by atoms with Crippen molar-refractivity contribution in [3.8, 4) is 0 Å². The number of rotatable bonds is 1. The van der Waals surface area contributed by atoms with Gasteiger partial charge in [-0.1, -0.05) is 0 Å². The Kier molecular flexibility index (Phi) is 6.23. The van der Waals surface area contributed by atoms with Crippen LogP contribution in [0.5, 0.6) is 0 Å². The molecule has 0 amide bonds. The average Bonchev–Trinajstić information content (AvgIpc) is 2.12. The van der Waals surface area contributed by atoms with Crippen molar-refractivity contribution in [1.29, 1.82) is 0 Å². The number of carboxylic acid groups (broad SMARTS) is 1. The van der Waals surface area contributed by atoms with Crippen molar-refractivity contribution in [1.82, 2.24) is 5.32 Å². The largest absolute Gasteiger partial charge is 0.480 e. The number of nitrogens with one attached hydrogen (secondary N) is 1. The predicted octanol–water partition coefficient (Wildman–Crippen LogP) is -1.83. The van der Waals surface area contributed by atoms with Gasteiger partial charge >= 0.3 is 5.97 Å². The van der Waals surface area contributed by atoms with Crippen LogP contribution in [0, 0.1) is 0 Å². The normalized spacial score (nSPS) is 22.6. The minimum Gasteiger partial charge on any atom is -0.480 e. The van der Waals surface area contributed by atoms with Crippen LogP contribution in [-0.2, 0) is 4.79 Å². The first-order valence-corrected chi connectivity index (χ1v) is 2.77. The SMILES string of the molecule is O.O.O=C(O)C1CCCN1. The van der Waals surface area contributed by atoms with Crippen LogP contribution >= 0.6 is 0 Å². The highest BCUT2D eigenvalue weighted by Gasteiger charge is 2.20. The fourth-order valence-corrected chi connectivity index (χ4v) is 0.895. The van der Waals surface area contributed by atoms with Gasteiger partial charge in [-0.3, -0.25) is 4.79 Å². The summed E-state index contributed by atoms with van der Waals surface area (Å²) in [6.45, 7) is 0.858. The molecular weight excluding hydrogens is 138 g/mol. The minimum atomic E-state index is -0.720. The van der Waals surface area contributed by atoms with Crippen LogP contribution in [-0.4, -0.2) is 34.6 Å². The van der Waals surface area contributed by atoms with Gasteiger partial charge in [0.2, 0.25) is 0 Å². The van der Waals surface area contributed by atoms with Gasteiger partial charge in [-0.25, -0.2) is 0 Å². The molecule has 0 aliphatic carbocycles. The summed E-state index contributed by atoms with van der Waals surface area (Å²) in [6, 6.07) is -0.269. The maximum Gasteiger partial charge on any atom is 0.320 e. The Morgan fingerprint density at radius 2 is 2.10 bits per heavy atom. The summed E-state index contributed by atoms with van der Waals surface area (Å²) in [4.78, 5) is 10.1. The van der Waals surface area contributed by atoms with Gasteiger partial charge in [-0.15, -0.1) is 0 Å². The molecule has 1 aliphatic rings. The molecule has 0 aromatic carbocycles. The van der Waals surface area contributed by atoms with Gasteiger partial charge in [-0.05, 0) is 19.4 Å². The molecule has 0 aromatic heterocycles. The second kappa shape index (κ2) is 5.16. The number of carboxylic acids is 1. The van der Waals surface area contributed by atoms with Gasteiger partial charge in [0.25, 0.3) is 0 Å². The van der Waals surface area contributed by atoms with E-state index in [4.69, 9.17) is 5.11 Å². The van der Waals surface area contributed by atoms with Gasteiger partial charge in [0, 0.05) is 0 Å². The molecule has 0 spiro atoms. The van der Waals surface area contributed by atoms with Gasteiger partial charge in [-0.2, -0.15) is 0 Å². The van der Waals surface area contributed by atoms with E-state index in [0.717, 1.165) is 19.4 Å². The summed E-state index contributed by atoms with van der Waals surface area (Å²) in [5.41, 5.74) is 0. The van der Waals surface area contributed by atoms with Gasteiger partial charge in [0.05, 0.1) is 0 Å². The molecule has 0 radical (unpaired) electrons. The highest BCUT2D eigenvalue weighted by atomic mass is 16.4. The van der Waals surface area contributed by atoms with E-state index in [1.165, 1.54) is 0 Å². The zero-order valence-electron chi connectivity index (χ0n) is 5.55. The number of aliphatic carboxylic acids is 1. The van der Waals surface area contributed by atoms with Gasteiger partial charge < -0.3 is 21.4 Å².